The molecule has 1 aliphatic heterocycles. The van der Waals surface area contributed by atoms with Crippen LogP contribution in [0.25, 0.3) is 0 Å². The summed E-state index contributed by atoms with van der Waals surface area (Å²) in [5.41, 5.74) is 0.983. The molecule has 138 valence electrons. The lowest BCUT2D eigenvalue weighted by molar-refractivity contribution is 0.359. The third-order valence-electron chi connectivity index (χ3n) is 5.23. The maximum atomic E-state index is 11.7. The van der Waals surface area contributed by atoms with Crippen LogP contribution in [0.4, 0.5) is 5.69 Å². The zero-order chi connectivity index (χ0) is 18.1. The second-order valence-corrected chi connectivity index (χ2v) is 9.49. The number of hydrogen-bond acceptors (Lipinski definition) is 5. The molecule has 1 fully saturated rings. The molecule has 2 aromatic carbocycles. The van der Waals surface area contributed by atoms with Gasteiger partial charge >= 0.3 is 0 Å². The number of sulfone groups is 1. The van der Waals surface area contributed by atoms with Crippen molar-refractivity contribution in [3.05, 3.63) is 42.5 Å². The minimum absolute atomic E-state index is 0.159. The van der Waals surface area contributed by atoms with Gasteiger partial charge in [0.15, 0.2) is 23.0 Å². The number of benzene rings is 2. The van der Waals surface area contributed by atoms with Crippen molar-refractivity contribution in [3.8, 4) is 23.0 Å². The molecule has 0 spiro atoms. The van der Waals surface area contributed by atoms with Gasteiger partial charge in [-0.3, -0.25) is 0 Å². The summed E-state index contributed by atoms with van der Waals surface area (Å²) in [4.78, 5) is 0. The van der Waals surface area contributed by atoms with Gasteiger partial charge in [0.1, 0.15) is 9.84 Å². The van der Waals surface area contributed by atoms with Crippen LogP contribution in [0, 0.1) is 5.92 Å². The van der Waals surface area contributed by atoms with Crippen molar-refractivity contribution in [2.75, 3.05) is 18.1 Å². The number of fused-ring (bicyclic) bond motifs is 2. The normalized spacial score (nSPS) is 21.7. The summed E-state index contributed by atoms with van der Waals surface area (Å²) in [6.45, 7) is 0.840. The number of hydrogen-bond donors (Lipinski definition) is 1. The van der Waals surface area contributed by atoms with E-state index in [9.17, 15) is 8.42 Å². The Hall–Kier alpha value is -2.21. The van der Waals surface area contributed by atoms with Crippen LogP contribution in [0.3, 0.4) is 0 Å². The third-order valence-corrected chi connectivity index (χ3v) is 6.91. The largest absolute Gasteiger partial charge is 0.450 e. The molecule has 0 bridgehead atoms. The Balaban J connectivity index is 1.36. The molecule has 0 unspecified atom stereocenters. The van der Waals surface area contributed by atoms with Crippen molar-refractivity contribution in [2.45, 2.75) is 30.9 Å². The average Bonchev–Trinajstić information content (AvgIpc) is 2.64. The highest BCUT2D eigenvalue weighted by Crippen LogP contribution is 2.45. The highest BCUT2D eigenvalue weighted by molar-refractivity contribution is 7.91. The molecule has 2 aliphatic rings. The molecule has 0 radical (unpaired) electrons. The fourth-order valence-electron chi connectivity index (χ4n) is 3.66. The van der Waals surface area contributed by atoms with Crippen molar-refractivity contribution in [1.82, 2.24) is 0 Å². The summed E-state index contributed by atoms with van der Waals surface area (Å²) in [6.07, 6.45) is 4.78. The summed E-state index contributed by atoms with van der Waals surface area (Å²) in [5.74, 6) is 3.36. The summed E-state index contributed by atoms with van der Waals surface area (Å²) in [7, 11) is -2.90. The summed E-state index contributed by atoms with van der Waals surface area (Å²) in [5, 5.41) is 3.30. The van der Waals surface area contributed by atoms with Gasteiger partial charge in [0, 0.05) is 24.6 Å². The minimum atomic E-state index is -2.90. The number of para-hydroxylation sites is 2. The van der Waals surface area contributed by atoms with E-state index < -0.39 is 9.84 Å². The van der Waals surface area contributed by atoms with Crippen molar-refractivity contribution in [1.29, 1.82) is 0 Å². The lowest BCUT2D eigenvalue weighted by atomic mass is 9.89. The fourth-order valence-corrected chi connectivity index (χ4v) is 4.79. The molecule has 1 aliphatic carbocycles. The van der Waals surface area contributed by atoms with Crippen LogP contribution in [-0.4, -0.2) is 26.5 Å². The lowest BCUT2D eigenvalue weighted by Crippen LogP contribution is -2.28. The van der Waals surface area contributed by atoms with Crippen LogP contribution in [0.15, 0.2) is 42.5 Å². The van der Waals surface area contributed by atoms with Crippen molar-refractivity contribution < 1.29 is 17.9 Å². The topological polar surface area (TPSA) is 64.6 Å². The monoisotopic (exact) mass is 373 g/mol. The van der Waals surface area contributed by atoms with Gasteiger partial charge in [-0.1, -0.05) is 12.1 Å². The van der Waals surface area contributed by atoms with Crippen LogP contribution in [-0.2, 0) is 9.84 Å². The molecule has 0 saturated heterocycles. The molecule has 5 nitrogen and oxygen atoms in total. The van der Waals surface area contributed by atoms with E-state index in [4.69, 9.17) is 9.47 Å². The van der Waals surface area contributed by atoms with E-state index in [-0.39, 0.29) is 5.25 Å². The predicted octanol–water partition coefficient (Wildman–Crippen LogP) is 4.60. The first-order valence-electron chi connectivity index (χ1n) is 9.00. The molecular formula is C20H23NO4S. The maximum absolute atomic E-state index is 11.7. The summed E-state index contributed by atoms with van der Waals surface area (Å²) < 4.78 is 35.1. The Bertz CT molecular complexity index is 902. The first kappa shape index (κ1) is 17.2. The minimum Gasteiger partial charge on any atom is -0.450 e. The van der Waals surface area contributed by atoms with Gasteiger partial charge in [-0.15, -0.1) is 0 Å². The fraction of sp³-hybridized carbons (Fsp3) is 0.400. The van der Waals surface area contributed by atoms with E-state index in [1.165, 1.54) is 6.26 Å². The van der Waals surface area contributed by atoms with Crippen LogP contribution < -0.4 is 14.8 Å². The zero-order valence-electron chi connectivity index (χ0n) is 14.8. The van der Waals surface area contributed by atoms with Gasteiger partial charge in [0.25, 0.3) is 0 Å². The Labute approximate surface area is 154 Å². The van der Waals surface area contributed by atoms with Crippen molar-refractivity contribution >= 4 is 15.5 Å². The summed E-state index contributed by atoms with van der Waals surface area (Å²) in [6, 6.07) is 13.5. The van der Waals surface area contributed by atoms with Crippen LogP contribution in [0.2, 0.25) is 0 Å². The molecule has 4 rings (SSSR count). The number of ether oxygens (including phenoxy) is 2. The molecular weight excluding hydrogens is 350 g/mol. The van der Waals surface area contributed by atoms with E-state index in [0.29, 0.717) is 17.4 Å². The number of anilines is 1. The Kier molecular flexibility index (Phi) is 4.53. The molecule has 2 aromatic rings. The smallest absolute Gasteiger partial charge is 0.172 e. The van der Waals surface area contributed by atoms with Gasteiger partial charge in [0.05, 0.1) is 5.25 Å². The van der Waals surface area contributed by atoms with E-state index in [2.05, 4.69) is 5.32 Å². The van der Waals surface area contributed by atoms with Gasteiger partial charge in [-0.05, 0) is 55.9 Å². The SMILES string of the molecule is CS(=O)(=O)C1CCC(CNc2ccc3c(c2)Oc2ccccc2O3)CC1. The second kappa shape index (κ2) is 6.83. The van der Waals surface area contributed by atoms with Crippen LogP contribution >= 0.6 is 0 Å². The third kappa shape index (κ3) is 3.65. The Morgan fingerprint density at radius 1 is 0.923 bits per heavy atom. The van der Waals surface area contributed by atoms with Gasteiger partial charge in [-0.2, -0.15) is 0 Å². The van der Waals surface area contributed by atoms with E-state index in [0.717, 1.165) is 49.4 Å². The first-order valence-corrected chi connectivity index (χ1v) is 11.0. The molecule has 0 atom stereocenters. The zero-order valence-corrected chi connectivity index (χ0v) is 15.6. The second-order valence-electron chi connectivity index (χ2n) is 7.17. The van der Waals surface area contributed by atoms with Gasteiger partial charge in [-0.25, -0.2) is 8.42 Å². The molecule has 1 saturated carbocycles. The molecule has 0 amide bonds. The van der Waals surface area contributed by atoms with E-state index in [1.54, 1.807) is 0 Å². The molecule has 1 heterocycles. The van der Waals surface area contributed by atoms with Gasteiger partial charge < -0.3 is 14.8 Å². The van der Waals surface area contributed by atoms with Crippen molar-refractivity contribution in [3.63, 3.8) is 0 Å². The average molecular weight is 373 g/mol. The standard InChI is InChI=1S/C20H23NO4S/c1-26(22,23)16-9-6-14(7-10-16)13-21-15-8-11-19-20(12-15)25-18-5-3-2-4-17(18)24-19/h2-5,8,11-12,14,16,21H,6-7,9-10,13H2,1H3. The lowest BCUT2D eigenvalue weighted by Gasteiger charge is -2.28. The predicted molar refractivity (Wildman–Crippen MR) is 102 cm³/mol. The molecule has 6 heteroatoms. The summed E-state index contributed by atoms with van der Waals surface area (Å²) >= 11 is 0. The maximum Gasteiger partial charge on any atom is 0.172 e. The quantitative estimate of drug-likeness (QED) is 0.724. The number of rotatable bonds is 4. The first-order chi connectivity index (χ1) is 12.5. The molecule has 1 N–H and O–H groups in total. The Morgan fingerprint density at radius 2 is 1.54 bits per heavy atom. The van der Waals surface area contributed by atoms with Crippen LogP contribution in [0.5, 0.6) is 23.0 Å². The Morgan fingerprint density at radius 3 is 2.19 bits per heavy atom. The van der Waals surface area contributed by atoms with Crippen LogP contribution in [0.1, 0.15) is 25.7 Å². The van der Waals surface area contributed by atoms with Gasteiger partial charge in [0.2, 0.25) is 0 Å². The highest BCUT2D eigenvalue weighted by Gasteiger charge is 2.27. The van der Waals surface area contributed by atoms with E-state index >= 15 is 0 Å². The molecule has 26 heavy (non-hydrogen) atoms. The number of nitrogens with one attached hydrogen (secondary N) is 1. The van der Waals surface area contributed by atoms with Crippen molar-refractivity contribution in [2.24, 2.45) is 5.92 Å². The highest BCUT2D eigenvalue weighted by atomic mass is 32.2. The molecule has 0 aromatic heterocycles. The van der Waals surface area contributed by atoms with E-state index in [1.807, 2.05) is 42.5 Å².